The van der Waals surface area contributed by atoms with Crippen LogP contribution >= 0.6 is 23.2 Å². The summed E-state index contributed by atoms with van der Waals surface area (Å²) in [6.07, 6.45) is 0. The van der Waals surface area contributed by atoms with E-state index in [0.29, 0.717) is 10.7 Å². The number of non-ortho nitro benzene ring substituents is 1. The Balaban J connectivity index is 1.97. The van der Waals surface area contributed by atoms with Crippen molar-refractivity contribution in [3.8, 4) is 0 Å². The number of carbonyl (C=O) groups excluding carboxylic acids is 2. The van der Waals surface area contributed by atoms with Crippen molar-refractivity contribution in [3.05, 3.63) is 68.2 Å². The Hall–Kier alpha value is -2.64. The van der Waals surface area contributed by atoms with E-state index >= 15 is 0 Å². The van der Waals surface area contributed by atoms with Gasteiger partial charge in [0.25, 0.3) is 11.6 Å². The SMILES string of the molecule is O=C(COC(=O)c1cc([N+](=O)[O-])ccc1Cl)Nc1ccc(Cl)cc1. The van der Waals surface area contributed by atoms with Crippen molar-refractivity contribution >= 4 is 46.5 Å². The number of rotatable bonds is 5. The first-order valence-electron chi connectivity index (χ1n) is 6.53. The number of amides is 1. The standard InChI is InChI=1S/C15H10Cl2N2O5/c16-9-1-3-10(4-2-9)18-14(20)8-24-15(21)12-7-11(19(22)23)5-6-13(12)17/h1-7H,8H2,(H,18,20). The number of halogens is 2. The van der Waals surface area contributed by atoms with E-state index in [2.05, 4.69) is 5.32 Å². The predicted octanol–water partition coefficient (Wildman–Crippen LogP) is 3.70. The lowest BCUT2D eigenvalue weighted by Gasteiger charge is -2.07. The minimum Gasteiger partial charge on any atom is -0.452 e. The van der Waals surface area contributed by atoms with Crippen LogP contribution in [-0.4, -0.2) is 23.4 Å². The summed E-state index contributed by atoms with van der Waals surface area (Å²) in [5.74, 6) is -1.51. The summed E-state index contributed by atoms with van der Waals surface area (Å²) in [4.78, 5) is 33.7. The maximum Gasteiger partial charge on any atom is 0.340 e. The highest BCUT2D eigenvalue weighted by molar-refractivity contribution is 6.33. The first-order chi connectivity index (χ1) is 11.4. The number of nitrogens with zero attached hydrogens (tertiary/aromatic N) is 1. The number of ether oxygens (including phenoxy) is 1. The molecule has 0 saturated heterocycles. The molecule has 24 heavy (non-hydrogen) atoms. The van der Waals surface area contributed by atoms with Crippen molar-refractivity contribution in [1.82, 2.24) is 0 Å². The molecule has 0 spiro atoms. The number of nitro groups is 1. The summed E-state index contributed by atoms with van der Waals surface area (Å²) < 4.78 is 4.82. The van der Waals surface area contributed by atoms with Crippen LogP contribution in [0.1, 0.15) is 10.4 Å². The van der Waals surface area contributed by atoms with Crippen molar-refractivity contribution in [2.75, 3.05) is 11.9 Å². The number of hydrogen-bond acceptors (Lipinski definition) is 5. The zero-order chi connectivity index (χ0) is 17.7. The van der Waals surface area contributed by atoms with E-state index in [1.165, 1.54) is 6.07 Å². The highest BCUT2D eigenvalue weighted by Gasteiger charge is 2.18. The van der Waals surface area contributed by atoms with E-state index in [1.807, 2.05) is 0 Å². The zero-order valence-electron chi connectivity index (χ0n) is 12.0. The molecule has 0 atom stereocenters. The monoisotopic (exact) mass is 368 g/mol. The van der Waals surface area contributed by atoms with Gasteiger partial charge in [0.2, 0.25) is 0 Å². The zero-order valence-corrected chi connectivity index (χ0v) is 13.5. The lowest BCUT2D eigenvalue weighted by Crippen LogP contribution is -2.21. The molecule has 0 aliphatic heterocycles. The molecule has 0 unspecified atom stereocenters. The van der Waals surface area contributed by atoms with Crippen molar-refractivity contribution in [2.45, 2.75) is 0 Å². The third kappa shape index (κ3) is 4.68. The summed E-state index contributed by atoms with van der Waals surface area (Å²) in [6, 6.07) is 9.70. The van der Waals surface area contributed by atoms with E-state index in [-0.39, 0.29) is 16.3 Å². The van der Waals surface area contributed by atoms with Crippen LogP contribution in [0.4, 0.5) is 11.4 Å². The van der Waals surface area contributed by atoms with E-state index in [9.17, 15) is 19.7 Å². The fraction of sp³-hybridized carbons (Fsp3) is 0.0667. The van der Waals surface area contributed by atoms with Crippen LogP contribution in [0.3, 0.4) is 0 Å². The second-order valence-corrected chi connectivity index (χ2v) is 5.40. The average Bonchev–Trinajstić information content (AvgIpc) is 2.55. The Morgan fingerprint density at radius 3 is 2.42 bits per heavy atom. The molecule has 2 aromatic rings. The van der Waals surface area contributed by atoms with Gasteiger partial charge in [0.15, 0.2) is 6.61 Å². The summed E-state index contributed by atoms with van der Waals surface area (Å²) in [5, 5.41) is 13.7. The topological polar surface area (TPSA) is 98.5 Å². The Kier molecular flexibility index (Phi) is 5.73. The van der Waals surface area contributed by atoms with Gasteiger partial charge in [-0.1, -0.05) is 23.2 Å². The quantitative estimate of drug-likeness (QED) is 0.492. The van der Waals surface area contributed by atoms with Crippen LogP contribution in [0, 0.1) is 10.1 Å². The third-order valence-electron chi connectivity index (χ3n) is 2.84. The van der Waals surface area contributed by atoms with Gasteiger partial charge in [0.1, 0.15) is 0 Å². The van der Waals surface area contributed by atoms with Gasteiger partial charge in [-0.2, -0.15) is 0 Å². The molecule has 9 heteroatoms. The molecule has 0 saturated carbocycles. The molecule has 0 aliphatic rings. The molecule has 124 valence electrons. The number of benzene rings is 2. The first-order valence-corrected chi connectivity index (χ1v) is 7.29. The molecule has 1 amide bonds. The summed E-state index contributed by atoms with van der Waals surface area (Å²) in [6.45, 7) is -0.569. The summed E-state index contributed by atoms with van der Waals surface area (Å²) >= 11 is 11.5. The maximum atomic E-state index is 11.9. The molecule has 2 rings (SSSR count). The number of hydrogen-bond donors (Lipinski definition) is 1. The highest BCUT2D eigenvalue weighted by atomic mass is 35.5. The Morgan fingerprint density at radius 1 is 1.12 bits per heavy atom. The second-order valence-electron chi connectivity index (χ2n) is 4.55. The molecule has 2 aromatic carbocycles. The van der Waals surface area contributed by atoms with Gasteiger partial charge in [-0.3, -0.25) is 14.9 Å². The van der Waals surface area contributed by atoms with Crippen LogP contribution in [0.2, 0.25) is 10.0 Å². The molecule has 0 heterocycles. The summed E-state index contributed by atoms with van der Waals surface area (Å²) in [5.41, 5.74) is -0.0176. The lowest BCUT2D eigenvalue weighted by molar-refractivity contribution is -0.384. The molecule has 0 aliphatic carbocycles. The van der Waals surface area contributed by atoms with E-state index < -0.39 is 23.4 Å². The largest absolute Gasteiger partial charge is 0.452 e. The second kappa shape index (κ2) is 7.76. The predicted molar refractivity (Wildman–Crippen MR) is 88.5 cm³/mol. The van der Waals surface area contributed by atoms with Gasteiger partial charge in [-0.15, -0.1) is 0 Å². The molecular weight excluding hydrogens is 359 g/mol. The van der Waals surface area contributed by atoms with Crippen LogP contribution in [0.5, 0.6) is 0 Å². The molecule has 0 aromatic heterocycles. The van der Waals surface area contributed by atoms with E-state index in [1.54, 1.807) is 24.3 Å². The lowest BCUT2D eigenvalue weighted by atomic mass is 10.2. The fourth-order valence-electron chi connectivity index (χ4n) is 1.72. The van der Waals surface area contributed by atoms with Crippen molar-refractivity contribution in [2.24, 2.45) is 0 Å². The molecule has 0 bridgehead atoms. The first kappa shape index (κ1) is 17.7. The van der Waals surface area contributed by atoms with Gasteiger partial charge in [-0.05, 0) is 30.3 Å². The van der Waals surface area contributed by atoms with Crippen LogP contribution in [0.15, 0.2) is 42.5 Å². The van der Waals surface area contributed by atoms with Crippen LogP contribution < -0.4 is 5.32 Å². The fourth-order valence-corrected chi connectivity index (χ4v) is 2.04. The highest BCUT2D eigenvalue weighted by Crippen LogP contribution is 2.22. The smallest absolute Gasteiger partial charge is 0.340 e. The van der Waals surface area contributed by atoms with Gasteiger partial charge >= 0.3 is 5.97 Å². The normalized spacial score (nSPS) is 10.1. The van der Waals surface area contributed by atoms with Gasteiger partial charge in [-0.25, -0.2) is 4.79 Å². The third-order valence-corrected chi connectivity index (χ3v) is 3.42. The number of nitrogens with one attached hydrogen (secondary N) is 1. The molecular formula is C15H10Cl2N2O5. The van der Waals surface area contributed by atoms with Crippen molar-refractivity contribution < 1.29 is 19.2 Å². The maximum absolute atomic E-state index is 11.9. The molecule has 1 N–H and O–H groups in total. The van der Waals surface area contributed by atoms with Crippen molar-refractivity contribution in [1.29, 1.82) is 0 Å². The summed E-state index contributed by atoms with van der Waals surface area (Å²) in [7, 11) is 0. The Morgan fingerprint density at radius 2 is 1.79 bits per heavy atom. The Labute approximate surface area is 146 Å². The van der Waals surface area contributed by atoms with Gasteiger partial charge < -0.3 is 10.1 Å². The van der Waals surface area contributed by atoms with E-state index in [4.69, 9.17) is 27.9 Å². The number of nitro benzene ring substituents is 1. The molecule has 7 nitrogen and oxygen atoms in total. The van der Waals surface area contributed by atoms with Crippen molar-refractivity contribution in [3.63, 3.8) is 0 Å². The Bertz CT molecular complexity index is 793. The van der Waals surface area contributed by atoms with E-state index in [0.717, 1.165) is 12.1 Å². The molecule has 0 fully saturated rings. The minimum atomic E-state index is -0.935. The number of anilines is 1. The van der Waals surface area contributed by atoms with Crippen LogP contribution in [-0.2, 0) is 9.53 Å². The van der Waals surface area contributed by atoms with Crippen LogP contribution in [0.25, 0.3) is 0 Å². The average molecular weight is 369 g/mol. The van der Waals surface area contributed by atoms with Gasteiger partial charge in [0, 0.05) is 22.8 Å². The minimum absolute atomic E-state index is 0.0105. The number of esters is 1. The number of carbonyl (C=O) groups is 2. The molecule has 0 radical (unpaired) electrons. The van der Waals surface area contributed by atoms with Gasteiger partial charge in [0.05, 0.1) is 15.5 Å².